The molecule has 1 aliphatic rings. The third-order valence-electron chi connectivity index (χ3n) is 3.46. The van der Waals surface area contributed by atoms with Gasteiger partial charge in [-0.25, -0.2) is 4.39 Å². The van der Waals surface area contributed by atoms with Crippen molar-refractivity contribution in [3.05, 3.63) is 33.5 Å². The third kappa shape index (κ3) is 1.62. The smallest absolute Gasteiger partial charge is 0.137 e. The number of benzene rings is 1. The summed E-state index contributed by atoms with van der Waals surface area (Å²) in [6.45, 7) is 4.02. The van der Waals surface area contributed by atoms with E-state index in [1.54, 1.807) is 0 Å². The van der Waals surface area contributed by atoms with Crippen LogP contribution in [-0.4, -0.2) is 6.04 Å². The molecule has 1 atom stereocenters. The van der Waals surface area contributed by atoms with Crippen molar-refractivity contribution in [1.29, 1.82) is 0 Å². The molecule has 0 aliphatic heterocycles. The van der Waals surface area contributed by atoms with Gasteiger partial charge in [-0.1, -0.05) is 6.07 Å². The predicted octanol–water partition coefficient (Wildman–Crippen LogP) is 3.28. The second-order valence-corrected chi connectivity index (χ2v) is 5.29. The van der Waals surface area contributed by atoms with Crippen molar-refractivity contribution in [1.82, 2.24) is 0 Å². The van der Waals surface area contributed by atoms with Crippen LogP contribution in [0.5, 0.6) is 0 Å². The van der Waals surface area contributed by atoms with Gasteiger partial charge in [0, 0.05) is 11.5 Å². The monoisotopic (exact) mass is 271 g/mol. The molecular weight excluding hydrogens is 257 g/mol. The van der Waals surface area contributed by atoms with Crippen molar-refractivity contribution >= 4 is 15.9 Å². The first kappa shape index (κ1) is 11.1. The van der Waals surface area contributed by atoms with E-state index in [2.05, 4.69) is 15.9 Å². The lowest BCUT2D eigenvalue weighted by Crippen LogP contribution is -2.32. The van der Waals surface area contributed by atoms with Crippen LogP contribution in [0.4, 0.5) is 4.39 Å². The standard InChI is InChI=1S/C12H15BrFN/c1-7-3-4-9(14)11(13)10(7)12(5-6-12)8(2)15/h3-4,8H,5-6,15H2,1-2H3. The van der Waals surface area contributed by atoms with Crippen LogP contribution in [0.2, 0.25) is 0 Å². The molecule has 82 valence electrons. The minimum Gasteiger partial charge on any atom is -0.327 e. The van der Waals surface area contributed by atoms with Crippen LogP contribution in [0.25, 0.3) is 0 Å². The zero-order valence-corrected chi connectivity index (χ0v) is 10.6. The Bertz CT molecular complexity index is 397. The summed E-state index contributed by atoms with van der Waals surface area (Å²) in [4.78, 5) is 0. The SMILES string of the molecule is Cc1ccc(F)c(Br)c1C1(C(C)N)CC1. The van der Waals surface area contributed by atoms with Crippen LogP contribution in [0, 0.1) is 12.7 Å². The number of hydrogen-bond donors (Lipinski definition) is 1. The van der Waals surface area contributed by atoms with Gasteiger partial charge in [-0.2, -0.15) is 0 Å². The molecule has 0 amide bonds. The van der Waals surface area contributed by atoms with Crippen LogP contribution >= 0.6 is 15.9 Å². The molecule has 0 bridgehead atoms. The third-order valence-corrected chi connectivity index (χ3v) is 4.24. The van der Waals surface area contributed by atoms with E-state index in [9.17, 15) is 4.39 Å². The Hall–Kier alpha value is -0.410. The van der Waals surface area contributed by atoms with Gasteiger partial charge in [-0.05, 0) is 59.8 Å². The molecule has 0 spiro atoms. The molecule has 0 radical (unpaired) electrons. The minimum atomic E-state index is -0.192. The zero-order chi connectivity index (χ0) is 11.2. The van der Waals surface area contributed by atoms with Crippen LogP contribution in [0.1, 0.15) is 30.9 Å². The number of rotatable bonds is 2. The molecule has 2 rings (SSSR count). The first-order valence-corrected chi connectivity index (χ1v) is 5.99. The Morgan fingerprint density at radius 1 is 1.47 bits per heavy atom. The number of aryl methyl sites for hydroxylation is 1. The first-order chi connectivity index (χ1) is 6.99. The fraction of sp³-hybridized carbons (Fsp3) is 0.500. The number of hydrogen-bond acceptors (Lipinski definition) is 1. The summed E-state index contributed by atoms with van der Waals surface area (Å²) in [5, 5.41) is 0. The lowest BCUT2D eigenvalue weighted by molar-refractivity contribution is 0.541. The van der Waals surface area contributed by atoms with E-state index in [-0.39, 0.29) is 17.3 Å². The van der Waals surface area contributed by atoms with Gasteiger partial charge < -0.3 is 5.73 Å². The van der Waals surface area contributed by atoms with Crippen LogP contribution in [-0.2, 0) is 5.41 Å². The summed E-state index contributed by atoms with van der Waals surface area (Å²) in [5.41, 5.74) is 8.20. The van der Waals surface area contributed by atoms with Gasteiger partial charge in [0.2, 0.25) is 0 Å². The van der Waals surface area contributed by atoms with E-state index in [0.29, 0.717) is 4.47 Å². The molecule has 1 aliphatic carbocycles. The van der Waals surface area contributed by atoms with E-state index in [0.717, 1.165) is 24.0 Å². The molecule has 15 heavy (non-hydrogen) atoms. The molecule has 1 aromatic carbocycles. The second kappa shape index (κ2) is 3.56. The topological polar surface area (TPSA) is 26.0 Å². The minimum absolute atomic E-state index is 0.00498. The molecule has 1 unspecified atom stereocenters. The molecule has 3 heteroatoms. The highest BCUT2D eigenvalue weighted by Gasteiger charge is 2.49. The maximum atomic E-state index is 13.5. The maximum Gasteiger partial charge on any atom is 0.137 e. The average molecular weight is 272 g/mol. The van der Waals surface area contributed by atoms with E-state index in [1.165, 1.54) is 6.07 Å². The first-order valence-electron chi connectivity index (χ1n) is 5.20. The van der Waals surface area contributed by atoms with Gasteiger partial charge in [0.05, 0.1) is 4.47 Å². The van der Waals surface area contributed by atoms with Crippen LogP contribution < -0.4 is 5.73 Å². The summed E-state index contributed by atoms with van der Waals surface area (Å²) in [7, 11) is 0. The lowest BCUT2D eigenvalue weighted by Gasteiger charge is -2.23. The molecule has 0 heterocycles. The number of halogens is 2. The van der Waals surface area contributed by atoms with Gasteiger partial charge in [0.25, 0.3) is 0 Å². The average Bonchev–Trinajstić information content (AvgIpc) is 2.93. The van der Waals surface area contributed by atoms with E-state index < -0.39 is 0 Å². The Morgan fingerprint density at radius 2 is 2.07 bits per heavy atom. The Morgan fingerprint density at radius 3 is 2.53 bits per heavy atom. The quantitative estimate of drug-likeness (QED) is 0.878. The van der Waals surface area contributed by atoms with E-state index in [1.807, 2.05) is 19.9 Å². The summed E-state index contributed by atoms with van der Waals surface area (Å²) >= 11 is 3.34. The highest BCUT2D eigenvalue weighted by Crippen LogP contribution is 2.53. The van der Waals surface area contributed by atoms with Crippen molar-refractivity contribution in [2.45, 2.75) is 38.1 Å². The van der Waals surface area contributed by atoms with Crippen molar-refractivity contribution in [2.24, 2.45) is 5.73 Å². The molecule has 1 saturated carbocycles. The van der Waals surface area contributed by atoms with Crippen molar-refractivity contribution < 1.29 is 4.39 Å². The van der Waals surface area contributed by atoms with Gasteiger partial charge >= 0.3 is 0 Å². The zero-order valence-electron chi connectivity index (χ0n) is 8.98. The highest BCUT2D eigenvalue weighted by atomic mass is 79.9. The highest BCUT2D eigenvalue weighted by molar-refractivity contribution is 9.10. The fourth-order valence-corrected chi connectivity index (χ4v) is 3.17. The Labute approximate surface area is 98.0 Å². The molecular formula is C12H15BrFN. The molecule has 0 saturated heterocycles. The fourth-order valence-electron chi connectivity index (χ4n) is 2.33. The van der Waals surface area contributed by atoms with Crippen molar-refractivity contribution in [3.63, 3.8) is 0 Å². The van der Waals surface area contributed by atoms with Crippen LogP contribution in [0.3, 0.4) is 0 Å². The van der Waals surface area contributed by atoms with Gasteiger partial charge in [-0.15, -0.1) is 0 Å². The van der Waals surface area contributed by atoms with Crippen LogP contribution in [0.15, 0.2) is 16.6 Å². The van der Waals surface area contributed by atoms with Gasteiger partial charge in [-0.3, -0.25) is 0 Å². The molecule has 1 nitrogen and oxygen atoms in total. The number of nitrogens with two attached hydrogens (primary N) is 1. The van der Waals surface area contributed by atoms with E-state index >= 15 is 0 Å². The van der Waals surface area contributed by atoms with Gasteiger partial charge in [0.15, 0.2) is 0 Å². The molecule has 2 N–H and O–H groups in total. The summed E-state index contributed by atoms with van der Waals surface area (Å²) in [6.07, 6.45) is 2.13. The second-order valence-electron chi connectivity index (χ2n) is 4.50. The Balaban J connectivity index is 2.57. The van der Waals surface area contributed by atoms with Crippen molar-refractivity contribution in [2.75, 3.05) is 0 Å². The Kier molecular flexibility index (Phi) is 2.63. The summed E-state index contributed by atoms with van der Waals surface area (Å²) in [6, 6.07) is 3.41. The molecule has 0 aromatic heterocycles. The normalized spacial score (nSPS) is 20.1. The molecule has 1 aromatic rings. The lowest BCUT2D eigenvalue weighted by atomic mass is 9.86. The van der Waals surface area contributed by atoms with E-state index in [4.69, 9.17) is 5.73 Å². The summed E-state index contributed by atoms with van der Waals surface area (Å²) in [5.74, 6) is -0.192. The van der Waals surface area contributed by atoms with Gasteiger partial charge in [0.1, 0.15) is 5.82 Å². The maximum absolute atomic E-state index is 13.5. The largest absolute Gasteiger partial charge is 0.327 e. The summed E-state index contributed by atoms with van der Waals surface area (Å²) < 4.78 is 14.1. The molecule has 1 fully saturated rings. The van der Waals surface area contributed by atoms with Crippen molar-refractivity contribution in [3.8, 4) is 0 Å². The predicted molar refractivity (Wildman–Crippen MR) is 63.4 cm³/mol.